The van der Waals surface area contributed by atoms with Crippen LogP contribution in [0.25, 0.3) is 0 Å². The van der Waals surface area contributed by atoms with E-state index in [4.69, 9.17) is 4.84 Å². The van der Waals surface area contributed by atoms with Gasteiger partial charge in [-0.05, 0) is 13.3 Å². The Morgan fingerprint density at radius 2 is 2.62 bits per heavy atom. The lowest BCUT2D eigenvalue weighted by molar-refractivity contribution is -0.753. The van der Waals surface area contributed by atoms with Crippen molar-refractivity contribution in [3.8, 4) is 0 Å². The Morgan fingerprint density at radius 1 is 1.88 bits per heavy atom. The second-order valence-corrected chi connectivity index (χ2v) is 1.96. The zero-order valence-corrected chi connectivity index (χ0v) is 4.83. The first-order valence-electron chi connectivity index (χ1n) is 2.75. The first-order valence-corrected chi connectivity index (χ1v) is 2.75. The van der Waals surface area contributed by atoms with E-state index in [-0.39, 0.29) is 6.10 Å². The molecule has 0 radical (unpaired) electrons. The summed E-state index contributed by atoms with van der Waals surface area (Å²) in [4.78, 5) is 5.24. The van der Waals surface area contributed by atoms with Crippen LogP contribution < -0.4 is 0 Å². The van der Waals surface area contributed by atoms with E-state index in [0.29, 0.717) is 4.90 Å². The molecule has 3 heteroatoms. The molecule has 0 saturated heterocycles. The van der Waals surface area contributed by atoms with Crippen LogP contribution in [0, 0.1) is 5.21 Å². The summed E-state index contributed by atoms with van der Waals surface area (Å²) in [6.07, 6.45) is 3.39. The average molecular weight is 115 g/mol. The van der Waals surface area contributed by atoms with Crippen molar-refractivity contribution in [3.63, 3.8) is 0 Å². The van der Waals surface area contributed by atoms with E-state index in [2.05, 4.69) is 0 Å². The van der Waals surface area contributed by atoms with Gasteiger partial charge in [0.2, 0.25) is 6.21 Å². The van der Waals surface area contributed by atoms with E-state index in [9.17, 15) is 5.21 Å². The van der Waals surface area contributed by atoms with E-state index in [1.54, 1.807) is 0 Å². The molecule has 0 aromatic carbocycles. The Bertz CT molecular complexity index is 111. The van der Waals surface area contributed by atoms with Gasteiger partial charge in [-0.1, -0.05) is 0 Å². The monoisotopic (exact) mass is 115 g/mol. The van der Waals surface area contributed by atoms with Crippen LogP contribution >= 0.6 is 0 Å². The van der Waals surface area contributed by atoms with Crippen LogP contribution in [0.5, 0.6) is 0 Å². The third-order valence-corrected chi connectivity index (χ3v) is 1.14. The predicted molar refractivity (Wildman–Crippen MR) is 29.5 cm³/mol. The van der Waals surface area contributed by atoms with Crippen LogP contribution in [0.4, 0.5) is 0 Å². The molecule has 0 aromatic heterocycles. The molecule has 0 unspecified atom stereocenters. The van der Waals surface area contributed by atoms with Gasteiger partial charge in [0.25, 0.3) is 0 Å². The van der Waals surface area contributed by atoms with E-state index in [1.807, 2.05) is 6.92 Å². The highest BCUT2D eigenvalue weighted by Crippen LogP contribution is 2.03. The van der Waals surface area contributed by atoms with Crippen LogP contribution in [0.15, 0.2) is 0 Å². The minimum Gasteiger partial charge on any atom is -0.401 e. The highest BCUT2D eigenvalue weighted by molar-refractivity contribution is 5.51. The van der Waals surface area contributed by atoms with Crippen LogP contribution in [0.1, 0.15) is 19.8 Å². The molecule has 0 spiro atoms. The molecule has 0 aromatic rings. The quantitative estimate of drug-likeness (QED) is 0.435. The number of rotatable bonds is 0. The highest BCUT2D eigenvalue weighted by Gasteiger charge is 2.07. The summed E-state index contributed by atoms with van der Waals surface area (Å²) in [5, 5.41) is 10.3. The Hall–Kier alpha value is -0.730. The van der Waals surface area contributed by atoms with Crippen molar-refractivity contribution in [2.75, 3.05) is 0 Å². The molecule has 1 aliphatic rings. The van der Waals surface area contributed by atoms with Gasteiger partial charge in [-0.25, -0.2) is 0 Å². The van der Waals surface area contributed by atoms with Crippen molar-refractivity contribution < 1.29 is 9.74 Å². The van der Waals surface area contributed by atoms with Gasteiger partial charge in [-0.2, -0.15) is 0 Å². The fourth-order valence-electron chi connectivity index (χ4n) is 0.688. The average Bonchev–Trinajstić information content (AvgIpc) is 1.64. The van der Waals surface area contributed by atoms with Gasteiger partial charge < -0.3 is 4.84 Å². The van der Waals surface area contributed by atoms with E-state index in [1.165, 1.54) is 6.21 Å². The summed E-state index contributed by atoms with van der Waals surface area (Å²) < 4.78 is 0. The second-order valence-electron chi connectivity index (χ2n) is 1.96. The molecule has 0 N–H and O–H groups in total. The van der Waals surface area contributed by atoms with Crippen molar-refractivity contribution in [3.05, 3.63) is 5.21 Å². The minimum atomic E-state index is 0.0949. The lowest BCUT2D eigenvalue weighted by Crippen LogP contribution is -2.21. The van der Waals surface area contributed by atoms with Crippen LogP contribution in [-0.2, 0) is 4.84 Å². The lowest BCUT2D eigenvalue weighted by atomic mass is 10.2. The molecule has 1 atom stereocenters. The van der Waals surface area contributed by atoms with Gasteiger partial charge in [0.05, 0.1) is 6.10 Å². The van der Waals surface area contributed by atoms with Gasteiger partial charge >= 0.3 is 0 Å². The number of nitrogens with zero attached hydrogens (tertiary/aromatic N) is 1. The Labute approximate surface area is 48.1 Å². The van der Waals surface area contributed by atoms with Crippen molar-refractivity contribution in [2.45, 2.75) is 25.9 Å². The van der Waals surface area contributed by atoms with Crippen LogP contribution in [0.2, 0.25) is 0 Å². The Balaban J connectivity index is 2.45. The molecule has 1 aliphatic heterocycles. The van der Waals surface area contributed by atoms with Crippen molar-refractivity contribution in [1.29, 1.82) is 0 Å². The predicted octanol–water partition coefficient (Wildman–Crippen LogP) is 0.681. The second kappa shape index (κ2) is 2.03. The van der Waals surface area contributed by atoms with Gasteiger partial charge in [-0.3, -0.25) is 5.21 Å². The molecule has 1 rings (SSSR count). The maximum absolute atomic E-state index is 10.3. The molecular weight excluding hydrogens is 106 g/mol. The smallest absolute Gasteiger partial charge is 0.210 e. The summed E-state index contributed by atoms with van der Waals surface area (Å²) in [6.45, 7) is 1.89. The summed E-state index contributed by atoms with van der Waals surface area (Å²) in [5.74, 6) is 0. The zero-order valence-electron chi connectivity index (χ0n) is 4.83. The molecule has 46 valence electrons. The third kappa shape index (κ3) is 1.12. The van der Waals surface area contributed by atoms with Crippen molar-refractivity contribution in [2.24, 2.45) is 0 Å². The van der Waals surface area contributed by atoms with Gasteiger partial charge in [0.1, 0.15) is 0 Å². The SMILES string of the molecule is C[C@H]1CCC=[N+]([O-])O1. The molecule has 8 heavy (non-hydrogen) atoms. The maximum atomic E-state index is 10.3. The topological polar surface area (TPSA) is 35.3 Å². The molecule has 0 amide bonds. The lowest BCUT2D eigenvalue weighted by Gasteiger charge is -2.16. The summed E-state index contributed by atoms with van der Waals surface area (Å²) in [5.41, 5.74) is 0. The van der Waals surface area contributed by atoms with E-state index >= 15 is 0 Å². The standard InChI is InChI=1S/C5H9NO2/c1-5-3-2-4-6(7)8-5/h4-5H,2-3H2,1H3/t5-/m0/s1. The third-order valence-electron chi connectivity index (χ3n) is 1.14. The molecule has 3 nitrogen and oxygen atoms in total. The molecule has 0 bridgehead atoms. The normalized spacial score (nSPS) is 28.6. The Morgan fingerprint density at radius 3 is 3.00 bits per heavy atom. The van der Waals surface area contributed by atoms with Crippen molar-refractivity contribution in [1.82, 2.24) is 0 Å². The highest BCUT2D eigenvalue weighted by atomic mass is 16.9. The molecule has 0 fully saturated rings. The molecule has 0 saturated carbocycles. The largest absolute Gasteiger partial charge is 0.401 e. The molecule has 0 aliphatic carbocycles. The maximum Gasteiger partial charge on any atom is 0.210 e. The van der Waals surface area contributed by atoms with Gasteiger partial charge in [-0.15, -0.1) is 0 Å². The number of hydrogen-bond acceptors (Lipinski definition) is 2. The molecular formula is C5H9NO2. The Kier molecular flexibility index (Phi) is 1.37. The van der Waals surface area contributed by atoms with E-state index < -0.39 is 0 Å². The summed E-state index contributed by atoms with van der Waals surface area (Å²) >= 11 is 0. The summed E-state index contributed by atoms with van der Waals surface area (Å²) in [7, 11) is 0. The number of hydrogen-bond donors (Lipinski definition) is 0. The van der Waals surface area contributed by atoms with Crippen LogP contribution in [-0.4, -0.2) is 17.2 Å². The van der Waals surface area contributed by atoms with Gasteiger partial charge in [0.15, 0.2) is 0 Å². The minimum absolute atomic E-state index is 0.0949. The fourth-order valence-corrected chi connectivity index (χ4v) is 0.688. The molecule has 1 heterocycles. The zero-order chi connectivity index (χ0) is 5.98. The van der Waals surface area contributed by atoms with Gasteiger partial charge in [0, 0.05) is 11.3 Å². The first kappa shape index (κ1) is 5.41. The summed E-state index contributed by atoms with van der Waals surface area (Å²) in [6, 6.07) is 0. The van der Waals surface area contributed by atoms with Crippen molar-refractivity contribution >= 4 is 6.21 Å². The van der Waals surface area contributed by atoms with Crippen LogP contribution in [0.3, 0.4) is 0 Å². The first-order chi connectivity index (χ1) is 3.79. The van der Waals surface area contributed by atoms with E-state index in [0.717, 1.165) is 12.8 Å². The fraction of sp³-hybridized carbons (Fsp3) is 0.800.